The molecule has 0 fully saturated rings. The summed E-state index contributed by atoms with van der Waals surface area (Å²) in [5.41, 5.74) is 2.73. The second-order valence-electron chi connectivity index (χ2n) is 7.36. The number of rotatable bonds is 5. The lowest BCUT2D eigenvalue weighted by Crippen LogP contribution is -2.30. The molecule has 2 amide bonds. The van der Waals surface area contributed by atoms with E-state index in [0.29, 0.717) is 41.2 Å². The zero-order valence-electron chi connectivity index (χ0n) is 15.9. The molecule has 0 unspecified atom stereocenters. The van der Waals surface area contributed by atoms with Gasteiger partial charge in [-0.1, -0.05) is 25.4 Å². The fourth-order valence-electron chi connectivity index (χ4n) is 3.22. The van der Waals surface area contributed by atoms with Crippen molar-refractivity contribution in [1.82, 2.24) is 14.9 Å². The van der Waals surface area contributed by atoms with Crippen LogP contribution in [-0.2, 0) is 13.0 Å². The summed E-state index contributed by atoms with van der Waals surface area (Å²) in [6.07, 6.45) is 2.71. The predicted molar refractivity (Wildman–Crippen MR) is 106 cm³/mol. The van der Waals surface area contributed by atoms with Crippen molar-refractivity contribution in [1.29, 1.82) is 0 Å². The number of imidazole rings is 1. The molecule has 144 valence electrons. The third kappa shape index (κ3) is 4.33. The summed E-state index contributed by atoms with van der Waals surface area (Å²) in [5, 5.41) is 6.42. The maximum absolute atomic E-state index is 12.9. The van der Waals surface area contributed by atoms with E-state index in [9.17, 15) is 9.59 Å². The number of aromatic nitrogens is 2. The maximum atomic E-state index is 12.9. The molecular weight excluding hydrogens is 364 g/mol. The van der Waals surface area contributed by atoms with E-state index < -0.39 is 0 Å². The van der Waals surface area contributed by atoms with E-state index in [-0.39, 0.29) is 11.8 Å². The number of benzene rings is 1. The molecule has 1 aliphatic rings. The molecule has 1 aromatic carbocycles. The van der Waals surface area contributed by atoms with E-state index in [1.807, 2.05) is 25.3 Å². The zero-order chi connectivity index (χ0) is 19.6. The number of aryl methyl sites for hydroxylation is 1. The first-order chi connectivity index (χ1) is 12.9. The molecule has 0 spiro atoms. The Hall–Kier alpha value is -2.34. The second kappa shape index (κ2) is 8.13. The van der Waals surface area contributed by atoms with Crippen LogP contribution in [-0.4, -0.2) is 27.9 Å². The van der Waals surface area contributed by atoms with Crippen molar-refractivity contribution in [3.63, 3.8) is 0 Å². The van der Waals surface area contributed by atoms with Gasteiger partial charge in [-0.25, -0.2) is 4.98 Å². The highest BCUT2D eigenvalue weighted by atomic mass is 35.5. The maximum Gasteiger partial charge on any atom is 0.287 e. The topological polar surface area (TPSA) is 76.0 Å². The van der Waals surface area contributed by atoms with E-state index in [1.54, 1.807) is 18.2 Å². The molecule has 2 N–H and O–H groups in total. The summed E-state index contributed by atoms with van der Waals surface area (Å²) in [6, 6.07) is 5.30. The predicted octanol–water partition coefficient (Wildman–Crippen LogP) is 3.82. The van der Waals surface area contributed by atoms with Crippen LogP contribution in [0.5, 0.6) is 0 Å². The Balaban J connectivity index is 1.88. The largest absolute Gasteiger partial charge is 0.349 e. The van der Waals surface area contributed by atoms with Crippen molar-refractivity contribution in [2.45, 2.75) is 46.6 Å². The van der Waals surface area contributed by atoms with Crippen LogP contribution in [0.15, 0.2) is 18.2 Å². The summed E-state index contributed by atoms with van der Waals surface area (Å²) < 4.78 is 1.89. The van der Waals surface area contributed by atoms with E-state index >= 15 is 0 Å². The molecule has 1 aromatic heterocycles. The minimum absolute atomic E-state index is 0.228. The van der Waals surface area contributed by atoms with Gasteiger partial charge in [0.05, 0.1) is 5.69 Å². The molecule has 0 bridgehead atoms. The number of hydrogen-bond donors (Lipinski definition) is 2. The van der Waals surface area contributed by atoms with Gasteiger partial charge in [0, 0.05) is 23.8 Å². The number of amides is 2. The van der Waals surface area contributed by atoms with Gasteiger partial charge in [-0.05, 0) is 55.9 Å². The fraction of sp³-hybridized carbons (Fsp3) is 0.450. The molecule has 2 aromatic rings. The Bertz CT molecular complexity index is 873. The summed E-state index contributed by atoms with van der Waals surface area (Å²) in [6.45, 7) is 7.24. The summed E-state index contributed by atoms with van der Waals surface area (Å²) in [4.78, 5) is 29.9. The van der Waals surface area contributed by atoms with Gasteiger partial charge in [0.15, 0.2) is 11.5 Å². The van der Waals surface area contributed by atoms with Crippen LogP contribution in [0.1, 0.15) is 59.1 Å². The average Bonchev–Trinajstić information content (AvgIpc) is 3.02. The number of anilines is 1. The van der Waals surface area contributed by atoms with Crippen LogP contribution >= 0.6 is 11.6 Å². The van der Waals surface area contributed by atoms with Crippen molar-refractivity contribution < 1.29 is 9.59 Å². The van der Waals surface area contributed by atoms with Crippen LogP contribution in [0.4, 0.5) is 5.69 Å². The zero-order valence-corrected chi connectivity index (χ0v) is 16.7. The highest BCUT2D eigenvalue weighted by molar-refractivity contribution is 6.30. The molecule has 0 atom stereocenters. The van der Waals surface area contributed by atoms with E-state index in [0.717, 1.165) is 30.5 Å². The Morgan fingerprint density at radius 3 is 2.74 bits per heavy atom. The lowest BCUT2D eigenvalue weighted by molar-refractivity contribution is 0.0933. The highest BCUT2D eigenvalue weighted by Gasteiger charge is 2.27. The van der Waals surface area contributed by atoms with Crippen molar-refractivity contribution in [3.8, 4) is 0 Å². The van der Waals surface area contributed by atoms with Gasteiger partial charge in [0.25, 0.3) is 11.8 Å². The molecule has 1 aliphatic heterocycles. The van der Waals surface area contributed by atoms with Crippen molar-refractivity contribution in [2.75, 3.05) is 11.9 Å². The lowest BCUT2D eigenvalue weighted by atomic mass is 10.1. The molecule has 2 heterocycles. The fourth-order valence-corrected chi connectivity index (χ4v) is 3.45. The third-order valence-electron chi connectivity index (χ3n) is 4.64. The molecular formula is C20H25ClN4O2. The Morgan fingerprint density at radius 1 is 1.26 bits per heavy atom. The molecule has 3 rings (SSSR count). The van der Waals surface area contributed by atoms with Gasteiger partial charge < -0.3 is 15.2 Å². The minimum atomic E-state index is -0.297. The van der Waals surface area contributed by atoms with E-state index in [2.05, 4.69) is 15.6 Å². The molecule has 7 heteroatoms. The minimum Gasteiger partial charge on any atom is -0.349 e. The SMILES string of the molecule is Cc1cc(Cl)ccc1NC(=O)c1nc(C(=O)NCC(C)C)n2c1CCCC2. The molecule has 0 saturated heterocycles. The van der Waals surface area contributed by atoms with E-state index in [1.165, 1.54) is 0 Å². The van der Waals surface area contributed by atoms with Crippen molar-refractivity contribution >= 4 is 29.1 Å². The molecule has 6 nitrogen and oxygen atoms in total. The van der Waals surface area contributed by atoms with E-state index in [4.69, 9.17) is 11.6 Å². The first-order valence-electron chi connectivity index (χ1n) is 9.32. The molecule has 27 heavy (non-hydrogen) atoms. The summed E-state index contributed by atoms with van der Waals surface area (Å²) in [5.74, 6) is 0.145. The standard InChI is InChI=1S/C20H25ClN4O2/c1-12(2)11-22-20(27)18-24-17(16-6-4-5-9-25(16)18)19(26)23-15-8-7-14(21)10-13(15)3/h7-8,10,12H,4-6,9,11H2,1-3H3,(H,22,27)(H,23,26). The quantitative estimate of drug-likeness (QED) is 0.817. The number of fused-ring (bicyclic) bond motifs is 1. The lowest BCUT2D eigenvalue weighted by Gasteiger charge is -2.17. The van der Waals surface area contributed by atoms with Gasteiger partial charge in [0.1, 0.15) is 0 Å². The van der Waals surface area contributed by atoms with Crippen LogP contribution in [0, 0.1) is 12.8 Å². The Kier molecular flexibility index (Phi) is 5.85. The van der Waals surface area contributed by atoms with Gasteiger partial charge >= 0.3 is 0 Å². The van der Waals surface area contributed by atoms with Crippen LogP contribution < -0.4 is 10.6 Å². The van der Waals surface area contributed by atoms with Gasteiger partial charge in [-0.2, -0.15) is 0 Å². The number of carbonyl (C=O) groups excluding carboxylic acids is 2. The van der Waals surface area contributed by atoms with Crippen molar-refractivity contribution in [3.05, 3.63) is 46.0 Å². The van der Waals surface area contributed by atoms with Crippen LogP contribution in [0.25, 0.3) is 0 Å². The van der Waals surface area contributed by atoms with Gasteiger partial charge in [-0.15, -0.1) is 0 Å². The normalized spacial score (nSPS) is 13.4. The second-order valence-corrected chi connectivity index (χ2v) is 7.79. The number of nitrogens with zero attached hydrogens (tertiary/aromatic N) is 2. The third-order valence-corrected chi connectivity index (χ3v) is 4.88. The van der Waals surface area contributed by atoms with Crippen molar-refractivity contribution in [2.24, 2.45) is 5.92 Å². The Labute approximate surface area is 164 Å². The highest BCUT2D eigenvalue weighted by Crippen LogP contribution is 2.24. The summed E-state index contributed by atoms with van der Waals surface area (Å²) in [7, 11) is 0. The van der Waals surface area contributed by atoms with Crippen LogP contribution in [0.3, 0.4) is 0 Å². The molecule has 0 radical (unpaired) electrons. The number of hydrogen-bond acceptors (Lipinski definition) is 3. The average molecular weight is 389 g/mol. The summed E-state index contributed by atoms with van der Waals surface area (Å²) >= 11 is 5.98. The monoisotopic (exact) mass is 388 g/mol. The number of halogens is 1. The number of carbonyl (C=O) groups is 2. The van der Waals surface area contributed by atoms with Gasteiger partial charge in [-0.3, -0.25) is 9.59 Å². The Morgan fingerprint density at radius 2 is 2.04 bits per heavy atom. The first-order valence-corrected chi connectivity index (χ1v) is 9.69. The van der Waals surface area contributed by atoms with Crippen LogP contribution in [0.2, 0.25) is 5.02 Å². The first kappa shape index (κ1) is 19.4. The molecule has 0 aliphatic carbocycles. The number of nitrogens with one attached hydrogen (secondary N) is 2. The van der Waals surface area contributed by atoms with Gasteiger partial charge in [0.2, 0.25) is 0 Å². The smallest absolute Gasteiger partial charge is 0.287 e. The molecule has 0 saturated carbocycles.